The number of imidazole rings is 1. The van der Waals surface area contributed by atoms with Gasteiger partial charge in [-0.25, -0.2) is 15.0 Å². The highest BCUT2D eigenvalue weighted by molar-refractivity contribution is 5.86. The fraction of sp³-hybridized carbons (Fsp3) is 0.300. The summed E-state index contributed by atoms with van der Waals surface area (Å²) in [6.07, 6.45) is 6.00. The maximum absolute atomic E-state index is 13.0. The van der Waals surface area contributed by atoms with E-state index >= 15 is 0 Å². The lowest BCUT2D eigenvalue weighted by Crippen LogP contribution is -2.38. The normalized spacial score (nSPS) is 15.6. The fourth-order valence-electron chi connectivity index (χ4n) is 3.51. The van der Waals surface area contributed by atoms with Gasteiger partial charge in [0.25, 0.3) is 0 Å². The first-order valence-corrected chi connectivity index (χ1v) is 9.02. The van der Waals surface area contributed by atoms with Gasteiger partial charge in [0.2, 0.25) is 5.91 Å². The number of amides is 1. The van der Waals surface area contributed by atoms with Crippen molar-refractivity contribution in [2.45, 2.75) is 26.3 Å². The van der Waals surface area contributed by atoms with E-state index in [-0.39, 0.29) is 5.91 Å². The first-order chi connectivity index (χ1) is 13.0. The molecule has 1 aromatic carbocycles. The first kappa shape index (κ1) is 17.2. The van der Waals surface area contributed by atoms with Crippen molar-refractivity contribution in [3.05, 3.63) is 54.1 Å². The molecule has 0 saturated carbocycles. The van der Waals surface area contributed by atoms with Gasteiger partial charge in [-0.15, -0.1) is 0 Å². The molecule has 0 radical (unpaired) electrons. The van der Waals surface area contributed by atoms with Crippen LogP contribution in [0.2, 0.25) is 0 Å². The van der Waals surface area contributed by atoms with Gasteiger partial charge in [0, 0.05) is 13.1 Å². The van der Waals surface area contributed by atoms with Gasteiger partial charge in [-0.1, -0.05) is 35.9 Å². The summed E-state index contributed by atoms with van der Waals surface area (Å²) in [7, 11) is 0. The highest BCUT2D eigenvalue weighted by Gasteiger charge is 2.25. The van der Waals surface area contributed by atoms with Crippen molar-refractivity contribution < 1.29 is 4.79 Å². The third-order valence-electron chi connectivity index (χ3n) is 5.07. The number of aromatic nitrogens is 4. The van der Waals surface area contributed by atoms with Crippen molar-refractivity contribution >= 4 is 28.5 Å². The van der Waals surface area contributed by atoms with Gasteiger partial charge in [-0.3, -0.25) is 4.79 Å². The van der Waals surface area contributed by atoms with Crippen molar-refractivity contribution in [3.63, 3.8) is 0 Å². The van der Waals surface area contributed by atoms with Crippen LogP contribution >= 0.6 is 0 Å². The van der Waals surface area contributed by atoms with Crippen molar-refractivity contribution in [3.8, 4) is 0 Å². The Morgan fingerprint density at radius 3 is 2.85 bits per heavy atom. The van der Waals surface area contributed by atoms with E-state index in [2.05, 4.69) is 52.2 Å². The monoisotopic (exact) mass is 362 g/mol. The fourth-order valence-corrected chi connectivity index (χ4v) is 3.51. The van der Waals surface area contributed by atoms with E-state index in [0.717, 1.165) is 6.42 Å². The lowest BCUT2D eigenvalue weighted by atomic mass is 9.98. The molecule has 3 aromatic rings. The number of anilines is 1. The molecule has 0 aliphatic carbocycles. The Hall–Kier alpha value is -3.22. The number of hydrogen-bond donors (Lipinski definition) is 1. The summed E-state index contributed by atoms with van der Waals surface area (Å²) in [5, 5.41) is 0. The molecule has 0 spiro atoms. The molecule has 4 rings (SSSR count). The van der Waals surface area contributed by atoms with Gasteiger partial charge in [-0.2, -0.15) is 0 Å². The minimum atomic E-state index is -0.404. The summed E-state index contributed by atoms with van der Waals surface area (Å²) >= 11 is 0. The molecule has 1 unspecified atom stereocenters. The summed E-state index contributed by atoms with van der Waals surface area (Å²) in [6.45, 7) is 5.26. The summed E-state index contributed by atoms with van der Waals surface area (Å²) in [5.41, 5.74) is 10.7. The molecule has 1 aliphatic heterocycles. The lowest BCUT2D eigenvalue weighted by Gasteiger charge is -2.29. The van der Waals surface area contributed by atoms with Crippen molar-refractivity contribution in [1.29, 1.82) is 0 Å². The van der Waals surface area contributed by atoms with Gasteiger partial charge >= 0.3 is 0 Å². The molecular weight excluding hydrogens is 340 g/mol. The Labute approximate surface area is 157 Å². The average Bonchev–Trinajstić information content (AvgIpc) is 3.12. The molecular formula is C20H22N6O. The van der Waals surface area contributed by atoms with Crippen molar-refractivity contribution in [1.82, 2.24) is 24.4 Å². The number of nitrogens with two attached hydrogens (primary N) is 1. The second kappa shape index (κ2) is 6.83. The molecule has 7 heteroatoms. The minimum Gasteiger partial charge on any atom is -0.382 e. The quantitative estimate of drug-likeness (QED) is 0.773. The molecule has 1 atom stereocenters. The van der Waals surface area contributed by atoms with Gasteiger partial charge in [0.1, 0.15) is 17.9 Å². The van der Waals surface area contributed by atoms with Gasteiger partial charge in [-0.05, 0) is 31.4 Å². The highest BCUT2D eigenvalue weighted by atomic mass is 16.2. The number of carbonyl (C=O) groups excluding carboxylic acids is 1. The van der Waals surface area contributed by atoms with Crippen molar-refractivity contribution in [2.24, 2.45) is 0 Å². The molecule has 138 valence electrons. The Balaban J connectivity index is 1.52. The predicted molar refractivity (Wildman–Crippen MR) is 105 cm³/mol. The van der Waals surface area contributed by atoms with Crippen LogP contribution in [0, 0.1) is 6.92 Å². The molecule has 27 heavy (non-hydrogen) atoms. The number of hydrogen-bond acceptors (Lipinski definition) is 5. The summed E-state index contributed by atoms with van der Waals surface area (Å²) < 4.78 is 1.76. The maximum Gasteiger partial charge on any atom is 0.245 e. The number of rotatable bonds is 3. The van der Waals surface area contributed by atoms with Crippen LogP contribution in [-0.2, 0) is 4.79 Å². The van der Waals surface area contributed by atoms with Crippen molar-refractivity contribution in [2.75, 3.05) is 18.8 Å². The number of nitrogens with zero attached hydrogens (tertiary/aromatic N) is 5. The van der Waals surface area contributed by atoms with Crippen LogP contribution in [0.1, 0.15) is 30.5 Å². The molecule has 2 aromatic heterocycles. The SMILES string of the molecule is Cc1cccc(C2=CCN(C(=O)C(C)n3cnc4c(N)ncnc43)CC2)c1. The van der Waals surface area contributed by atoms with E-state index in [1.807, 2.05) is 11.8 Å². The van der Waals surface area contributed by atoms with E-state index in [1.165, 1.54) is 23.0 Å². The van der Waals surface area contributed by atoms with E-state index in [4.69, 9.17) is 5.73 Å². The van der Waals surface area contributed by atoms with Crippen LogP contribution in [0.3, 0.4) is 0 Å². The number of carbonyl (C=O) groups is 1. The zero-order valence-electron chi connectivity index (χ0n) is 15.5. The summed E-state index contributed by atoms with van der Waals surface area (Å²) in [4.78, 5) is 27.3. The predicted octanol–water partition coefficient (Wildman–Crippen LogP) is 2.59. The third kappa shape index (κ3) is 3.16. The molecule has 1 amide bonds. The number of nitrogen functional groups attached to an aromatic ring is 1. The zero-order chi connectivity index (χ0) is 19.0. The van der Waals surface area contributed by atoms with Gasteiger partial charge in [0.05, 0.1) is 6.33 Å². The summed E-state index contributed by atoms with van der Waals surface area (Å²) in [6, 6.07) is 8.08. The molecule has 2 N–H and O–H groups in total. The molecule has 1 aliphatic rings. The number of aryl methyl sites for hydroxylation is 1. The number of fused-ring (bicyclic) bond motifs is 1. The van der Waals surface area contributed by atoms with E-state index in [1.54, 1.807) is 10.9 Å². The summed E-state index contributed by atoms with van der Waals surface area (Å²) in [5.74, 6) is 0.369. The smallest absolute Gasteiger partial charge is 0.245 e. The third-order valence-corrected chi connectivity index (χ3v) is 5.07. The molecule has 7 nitrogen and oxygen atoms in total. The molecule has 0 fully saturated rings. The first-order valence-electron chi connectivity index (χ1n) is 9.02. The minimum absolute atomic E-state index is 0.0472. The molecule has 0 bridgehead atoms. The Kier molecular flexibility index (Phi) is 4.35. The van der Waals surface area contributed by atoms with Crippen LogP contribution in [0.25, 0.3) is 16.7 Å². The lowest BCUT2D eigenvalue weighted by molar-refractivity contribution is -0.133. The van der Waals surface area contributed by atoms with Crippen LogP contribution in [0.15, 0.2) is 43.0 Å². The molecule has 3 heterocycles. The van der Waals surface area contributed by atoms with Crippen LogP contribution < -0.4 is 5.73 Å². The largest absolute Gasteiger partial charge is 0.382 e. The Bertz CT molecular complexity index is 1040. The highest BCUT2D eigenvalue weighted by Crippen LogP contribution is 2.25. The average molecular weight is 362 g/mol. The Morgan fingerprint density at radius 2 is 2.11 bits per heavy atom. The van der Waals surface area contributed by atoms with E-state index in [0.29, 0.717) is 30.1 Å². The van der Waals surface area contributed by atoms with Gasteiger partial charge in [0.15, 0.2) is 11.5 Å². The van der Waals surface area contributed by atoms with Crippen LogP contribution in [0.4, 0.5) is 5.82 Å². The molecule has 0 saturated heterocycles. The van der Waals surface area contributed by atoms with E-state index < -0.39 is 6.04 Å². The Morgan fingerprint density at radius 1 is 1.26 bits per heavy atom. The van der Waals surface area contributed by atoms with Crippen LogP contribution in [-0.4, -0.2) is 43.4 Å². The van der Waals surface area contributed by atoms with Crippen LogP contribution in [0.5, 0.6) is 0 Å². The zero-order valence-corrected chi connectivity index (χ0v) is 15.5. The standard InChI is InChI=1S/C20H22N6O/c1-13-4-3-5-16(10-13)15-6-8-25(9-7-15)20(27)14(2)26-12-24-17-18(21)22-11-23-19(17)26/h3-6,10-12,14H,7-9H2,1-2H3,(H2,21,22,23). The second-order valence-corrected chi connectivity index (χ2v) is 6.89. The maximum atomic E-state index is 13.0. The van der Waals surface area contributed by atoms with Gasteiger partial charge < -0.3 is 15.2 Å². The second-order valence-electron chi connectivity index (χ2n) is 6.89. The number of benzene rings is 1. The topological polar surface area (TPSA) is 89.9 Å². The van der Waals surface area contributed by atoms with E-state index in [9.17, 15) is 4.79 Å².